The van der Waals surface area contributed by atoms with Crippen LogP contribution in [0.15, 0.2) is 0 Å². The molecule has 1 fully saturated rings. The maximum Gasteiger partial charge on any atom is 0.0666 e. The van der Waals surface area contributed by atoms with Crippen molar-refractivity contribution in [3.05, 3.63) is 0 Å². The van der Waals surface area contributed by atoms with Gasteiger partial charge >= 0.3 is 0 Å². The standard InChI is InChI=1S/C7H12N2O/c1-6(2-8)3-9-7-4-10-5-7/h6-7,9H,3-5H2,1H3. The molecule has 0 aromatic rings. The minimum absolute atomic E-state index is 0.112. The van der Waals surface area contributed by atoms with E-state index in [-0.39, 0.29) is 5.92 Å². The van der Waals surface area contributed by atoms with Gasteiger partial charge in [0.05, 0.1) is 31.2 Å². The molecule has 0 amide bonds. The second-order valence-corrected chi connectivity index (χ2v) is 2.67. The quantitative estimate of drug-likeness (QED) is 0.606. The third-order valence-electron chi connectivity index (χ3n) is 1.57. The second kappa shape index (κ2) is 3.55. The van der Waals surface area contributed by atoms with Crippen molar-refractivity contribution in [3.63, 3.8) is 0 Å². The summed E-state index contributed by atoms with van der Waals surface area (Å²) >= 11 is 0. The Bertz CT molecular complexity index is 137. The Balaban J connectivity index is 1.99. The first-order valence-corrected chi connectivity index (χ1v) is 3.53. The smallest absolute Gasteiger partial charge is 0.0666 e. The number of ether oxygens (including phenoxy) is 1. The number of nitriles is 1. The molecule has 1 aliphatic heterocycles. The van der Waals surface area contributed by atoms with Gasteiger partial charge in [0.25, 0.3) is 0 Å². The Morgan fingerprint density at radius 2 is 2.50 bits per heavy atom. The van der Waals surface area contributed by atoms with E-state index in [9.17, 15) is 0 Å². The molecule has 1 aliphatic rings. The largest absolute Gasteiger partial charge is 0.378 e. The minimum Gasteiger partial charge on any atom is -0.378 e. The van der Waals surface area contributed by atoms with Gasteiger partial charge in [0.1, 0.15) is 0 Å². The van der Waals surface area contributed by atoms with E-state index in [2.05, 4.69) is 11.4 Å². The zero-order chi connectivity index (χ0) is 7.40. The molecule has 1 unspecified atom stereocenters. The lowest BCUT2D eigenvalue weighted by atomic mass is 10.2. The Labute approximate surface area is 61.0 Å². The van der Waals surface area contributed by atoms with Crippen LogP contribution in [0, 0.1) is 17.2 Å². The molecular formula is C7H12N2O. The van der Waals surface area contributed by atoms with Crippen molar-refractivity contribution in [2.75, 3.05) is 19.8 Å². The average molecular weight is 140 g/mol. The van der Waals surface area contributed by atoms with Crippen molar-refractivity contribution in [2.24, 2.45) is 5.92 Å². The summed E-state index contributed by atoms with van der Waals surface area (Å²) in [6.45, 7) is 4.30. The van der Waals surface area contributed by atoms with Crippen LogP contribution >= 0.6 is 0 Å². The van der Waals surface area contributed by atoms with Gasteiger partial charge in [0.2, 0.25) is 0 Å². The Kier molecular flexibility index (Phi) is 2.67. The summed E-state index contributed by atoms with van der Waals surface area (Å²) in [6.07, 6.45) is 0. The van der Waals surface area contributed by atoms with Gasteiger partial charge in [-0.1, -0.05) is 0 Å². The molecule has 1 N–H and O–H groups in total. The van der Waals surface area contributed by atoms with Gasteiger partial charge in [-0.25, -0.2) is 0 Å². The van der Waals surface area contributed by atoms with E-state index >= 15 is 0 Å². The molecule has 0 bridgehead atoms. The molecule has 56 valence electrons. The molecule has 3 heteroatoms. The normalized spacial score (nSPS) is 21.2. The summed E-state index contributed by atoms with van der Waals surface area (Å²) in [6, 6.07) is 2.66. The molecule has 3 nitrogen and oxygen atoms in total. The summed E-state index contributed by atoms with van der Waals surface area (Å²) in [5.41, 5.74) is 0. The first-order valence-electron chi connectivity index (χ1n) is 3.53. The van der Waals surface area contributed by atoms with E-state index in [0.29, 0.717) is 6.04 Å². The van der Waals surface area contributed by atoms with Gasteiger partial charge in [0, 0.05) is 6.54 Å². The van der Waals surface area contributed by atoms with Gasteiger partial charge in [-0.15, -0.1) is 0 Å². The van der Waals surface area contributed by atoms with Gasteiger partial charge in [-0.05, 0) is 6.92 Å². The van der Waals surface area contributed by atoms with Crippen LogP contribution in [0.25, 0.3) is 0 Å². The number of hydrogen-bond acceptors (Lipinski definition) is 3. The van der Waals surface area contributed by atoms with Crippen LogP contribution in [0.2, 0.25) is 0 Å². The van der Waals surface area contributed by atoms with Crippen LogP contribution in [-0.4, -0.2) is 25.8 Å². The van der Waals surface area contributed by atoms with Crippen LogP contribution in [-0.2, 0) is 4.74 Å². The maximum absolute atomic E-state index is 8.42. The van der Waals surface area contributed by atoms with E-state index in [1.165, 1.54) is 0 Å². The minimum atomic E-state index is 0.112. The van der Waals surface area contributed by atoms with Gasteiger partial charge in [-0.3, -0.25) is 0 Å². The molecule has 0 spiro atoms. The van der Waals surface area contributed by atoms with Crippen LogP contribution < -0.4 is 5.32 Å². The zero-order valence-corrected chi connectivity index (χ0v) is 6.13. The predicted octanol–water partition coefficient (Wildman–Crippen LogP) is 0.134. The summed E-state index contributed by atoms with van der Waals surface area (Å²) < 4.78 is 4.96. The van der Waals surface area contributed by atoms with Crippen LogP contribution in [0.1, 0.15) is 6.92 Å². The fraction of sp³-hybridized carbons (Fsp3) is 0.857. The summed E-state index contributed by atoms with van der Waals surface area (Å²) in [5.74, 6) is 0.112. The Hall–Kier alpha value is -0.590. The summed E-state index contributed by atoms with van der Waals surface area (Å²) in [5, 5.41) is 11.6. The third kappa shape index (κ3) is 1.98. The van der Waals surface area contributed by atoms with E-state index in [1.807, 2.05) is 6.92 Å². The molecule has 1 atom stereocenters. The molecule has 0 aliphatic carbocycles. The Morgan fingerprint density at radius 1 is 1.80 bits per heavy atom. The highest BCUT2D eigenvalue weighted by Gasteiger charge is 2.17. The highest BCUT2D eigenvalue weighted by atomic mass is 16.5. The molecule has 1 saturated heterocycles. The lowest BCUT2D eigenvalue weighted by Crippen LogP contribution is -2.47. The van der Waals surface area contributed by atoms with Crippen molar-refractivity contribution in [2.45, 2.75) is 13.0 Å². The summed E-state index contributed by atoms with van der Waals surface area (Å²) in [7, 11) is 0. The van der Waals surface area contributed by atoms with E-state index in [4.69, 9.17) is 10.00 Å². The van der Waals surface area contributed by atoms with Crippen molar-refractivity contribution < 1.29 is 4.74 Å². The topological polar surface area (TPSA) is 45.0 Å². The molecule has 0 saturated carbocycles. The fourth-order valence-electron chi connectivity index (χ4n) is 0.743. The lowest BCUT2D eigenvalue weighted by molar-refractivity contribution is -0.00556. The highest BCUT2D eigenvalue weighted by Crippen LogP contribution is 2.00. The van der Waals surface area contributed by atoms with Crippen LogP contribution in [0.3, 0.4) is 0 Å². The molecule has 1 rings (SSSR count). The van der Waals surface area contributed by atoms with Crippen LogP contribution in [0.4, 0.5) is 0 Å². The summed E-state index contributed by atoms with van der Waals surface area (Å²) in [4.78, 5) is 0. The maximum atomic E-state index is 8.42. The number of rotatable bonds is 3. The lowest BCUT2D eigenvalue weighted by Gasteiger charge is -2.27. The van der Waals surface area contributed by atoms with Gasteiger partial charge < -0.3 is 10.1 Å². The van der Waals surface area contributed by atoms with Crippen molar-refractivity contribution in [1.29, 1.82) is 5.26 Å². The van der Waals surface area contributed by atoms with Crippen molar-refractivity contribution in [1.82, 2.24) is 5.32 Å². The molecule has 10 heavy (non-hydrogen) atoms. The third-order valence-corrected chi connectivity index (χ3v) is 1.57. The zero-order valence-electron chi connectivity index (χ0n) is 6.13. The molecule has 1 heterocycles. The Morgan fingerprint density at radius 3 is 2.90 bits per heavy atom. The highest BCUT2D eigenvalue weighted by molar-refractivity contribution is 4.83. The number of nitrogens with one attached hydrogen (secondary N) is 1. The number of hydrogen-bond donors (Lipinski definition) is 1. The molecule has 0 radical (unpaired) electrons. The van der Waals surface area contributed by atoms with Crippen molar-refractivity contribution >= 4 is 0 Å². The van der Waals surface area contributed by atoms with Gasteiger partial charge in [-0.2, -0.15) is 5.26 Å². The monoisotopic (exact) mass is 140 g/mol. The molecular weight excluding hydrogens is 128 g/mol. The molecule has 0 aromatic heterocycles. The fourth-order valence-corrected chi connectivity index (χ4v) is 0.743. The van der Waals surface area contributed by atoms with E-state index in [0.717, 1.165) is 19.8 Å². The van der Waals surface area contributed by atoms with Crippen molar-refractivity contribution in [3.8, 4) is 6.07 Å². The predicted molar refractivity (Wildman–Crippen MR) is 37.4 cm³/mol. The van der Waals surface area contributed by atoms with E-state index in [1.54, 1.807) is 0 Å². The SMILES string of the molecule is CC(C#N)CNC1COC1. The first-order chi connectivity index (χ1) is 4.83. The van der Waals surface area contributed by atoms with Crippen LogP contribution in [0.5, 0.6) is 0 Å². The average Bonchev–Trinajstić information content (AvgIpc) is 1.84. The van der Waals surface area contributed by atoms with Gasteiger partial charge in [0.15, 0.2) is 0 Å². The molecule has 0 aromatic carbocycles. The number of nitrogens with zero attached hydrogens (tertiary/aromatic N) is 1. The second-order valence-electron chi connectivity index (χ2n) is 2.67. The first kappa shape index (κ1) is 7.52. The van der Waals surface area contributed by atoms with E-state index < -0.39 is 0 Å².